The molecule has 3 aliphatic rings. The predicted molar refractivity (Wildman–Crippen MR) is 103 cm³/mol. The van der Waals surface area contributed by atoms with Gasteiger partial charge in [-0.05, 0) is 38.8 Å². The molecule has 7 nitrogen and oxygen atoms in total. The summed E-state index contributed by atoms with van der Waals surface area (Å²) in [7, 11) is 2.15. The second-order valence-electron chi connectivity index (χ2n) is 8.15. The van der Waals surface area contributed by atoms with Crippen LogP contribution in [0, 0.1) is 0 Å². The first-order chi connectivity index (χ1) is 13.2. The molecule has 0 spiro atoms. The standard InChI is InChI=1S/C20H26N6O/c1-24-10-8-18-16(12-24)20(22-13-21-18)25-9-2-3-15(25)11-26-19(27)7-6-17(23-26)14-4-5-14/h6-7,13-15H,2-5,8-12H2,1H3. The minimum absolute atomic E-state index is 0.00398. The lowest BCUT2D eigenvalue weighted by atomic mass is 10.1. The Bertz CT molecular complexity index is 906. The monoisotopic (exact) mass is 366 g/mol. The maximum absolute atomic E-state index is 12.4. The molecule has 27 heavy (non-hydrogen) atoms. The molecular weight excluding hydrogens is 340 g/mol. The van der Waals surface area contributed by atoms with Gasteiger partial charge in [0.1, 0.15) is 12.1 Å². The van der Waals surface area contributed by atoms with Crippen molar-refractivity contribution in [3.63, 3.8) is 0 Å². The number of likely N-dealkylation sites (N-methyl/N-ethyl adjacent to an activating group) is 1. The zero-order chi connectivity index (χ0) is 18.4. The van der Waals surface area contributed by atoms with E-state index < -0.39 is 0 Å². The second kappa shape index (κ2) is 6.71. The fourth-order valence-electron chi connectivity index (χ4n) is 4.41. The lowest BCUT2D eigenvalue weighted by Crippen LogP contribution is -2.39. The van der Waals surface area contributed by atoms with Crippen LogP contribution in [0.3, 0.4) is 0 Å². The smallest absolute Gasteiger partial charge is 0.266 e. The van der Waals surface area contributed by atoms with Gasteiger partial charge in [-0.25, -0.2) is 14.6 Å². The Kier molecular flexibility index (Phi) is 4.19. The molecule has 0 N–H and O–H groups in total. The third-order valence-electron chi connectivity index (χ3n) is 6.09. The average molecular weight is 366 g/mol. The minimum Gasteiger partial charge on any atom is -0.351 e. The van der Waals surface area contributed by atoms with Crippen molar-refractivity contribution in [3.05, 3.63) is 45.8 Å². The highest BCUT2D eigenvalue weighted by Gasteiger charge is 2.31. The number of hydrogen-bond donors (Lipinski definition) is 0. The van der Waals surface area contributed by atoms with Crippen LogP contribution in [0.5, 0.6) is 0 Å². The Morgan fingerprint density at radius 3 is 2.89 bits per heavy atom. The average Bonchev–Trinajstić information content (AvgIpc) is 3.42. The van der Waals surface area contributed by atoms with E-state index in [4.69, 9.17) is 0 Å². The third kappa shape index (κ3) is 3.25. The van der Waals surface area contributed by atoms with Gasteiger partial charge in [0.25, 0.3) is 5.56 Å². The zero-order valence-electron chi connectivity index (χ0n) is 15.8. The first kappa shape index (κ1) is 16.9. The number of anilines is 1. The van der Waals surface area contributed by atoms with E-state index in [9.17, 15) is 4.79 Å². The van der Waals surface area contributed by atoms with Crippen LogP contribution in [-0.4, -0.2) is 50.8 Å². The molecular formula is C20H26N6O. The van der Waals surface area contributed by atoms with Gasteiger partial charge in [-0.2, -0.15) is 5.10 Å². The molecule has 2 aliphatic heterocycles. The molecule has 7 heteroatoms. The molecule has 0 amide bonds. The minimum atomic E-state index is -0.00398. The summed E-state index contributed by atoms with van der Waals surface area (Å²) >= 11 is 0. The Labute approximate surface area is 159 Å². The molecule has 0 bridgehead atoms. The van der Waals surface area contributed by atoms with E-state index in [1.165, 1.54) is 24.1 Å². The maximum atomic E-state index is 12.4. The van der Waals surface area contributed by atoms with Crippen LogP contribution in [0.25, 0.3) is 0 Å². The van der Waals surface area contributed by atoms with E-state index >= 15 is 0 Å². The van der Waals surface area contributed by atoms with Crippen molar-refractivity contribution in [3.8, 4) is 0 Å². The van der Waals surface area contributed by atoms with Gasteiger partial charge in [-0.15, -0.1) is 0 Å². The Morgan fingerprint density at radius 1 is 1.15 bits per heavy atom. The van der Waals surface area contributed by atoms with Crippen LogP contribution in [0.4, 0.5) is 5.82 Å². The highest BCUT2D eigenvalue weighted by molar-refractivity contribution is 5.51. The van der Waals surface area contributed by atoms with E-state index in [0.717, 1.165) is 50.4 Å². The molecule has 4 heterocycles. The summed E-state index contributed by atoms with van der Waals surface area (Å²) in [5.74, 6) is 1.61. The lowest BCUT2D eigenvalue weighted by Gasteiger charge is -2.32. The summed E-state index contributed by atoms with van der Waals surface area (Å²) in [6.07, 6.45) is 7.26. The van der Waals surface area contributed by atoms with Crippen LogP contribution in [-0.2, 0) is 19.5 Å². The first-order valence-electron chi connectivity index (χ1n) is 10.0. The molecule has 1 unspecified atom stereocenters. The molecule has 0 radical (unpaired) electrons. The van der Waals surface area contributed by atoms with Crippen LogP contribution in [0.15, 0.2) is 23.3 Å². The summed E-state index contributed by atoms with van der Waals surface area (Å²) in [4.78, 5) is 26.3. The number of nitrogens with zero attached hydrogens (tertiary/aromatic N) is 6. The van der Waals surface area contributed by atoms with Gasteiger partial charge in [0.05, 0.1) is 24.0 Å². The van der Waals surface area contributed by atoms with Crippen molar-refractivity contribution < 1.29 is 0 Å². The van der Waals surface area contributed by atoms with Crippen molar-refractivity contribution in [2.45, 2.75) is 57.2 Å². The van der Waals surface area contributed by atoms with Gasteiger partial charge in [0.2, 0.25) is 0 Å². The van der Waals surface area contributed by atoms with Crippen molar-refractivity contribution in [1.29, 1.82) is 0 Å². The normalized spacial score (nSPS) is 22.9. The van der Waals surface area contributed by atoms with Crippen molar-refractivity contribution in [2.75, 3.05) is 25.0 Å². The molecule has 0 aromatic carbocycles. The number of aromatic nitrogens is 4. The zero-order valence-corrected chi connectivity index (χ0v) is 15.8. The highest BCUT2D eigenvalue weighted by atomic mass is 16.1. The van der Waals surface area contributed by atoms with Crippen LogP contribution in [0.1, 0.15) is 48.6 Å². The molecule has 142 valence electrons. The molecule has 1 atom stereocenters. The third-order valence-corrected chi connectivity index (χ3v) is 6.09. The molecule has 5 rings (SSSR count). The van der Waals surface area contributed by atoms with E-state index in [2.05, 4.69) is 31.9 Å². The lowest BCUT2D eigenvalue weighted by molar-refractivity contribution is 0.309. The Hall–Kier alpha value is -2.28. The maximum Gasteiger partial charge on any atom is 0.266 e. The van der Waals surface area contributed by atoms with Crippen LogP contribution in [0.2, 0.25) is 0 Å². The fraction of sp³-hybridized carbons (Fsp3) is 0.600. The van der Waals surface area contributed by atoms with Gasteiger partial charge in [0.15, 0.2) is 0 Å². The molecule has 1 saturated heterocycles. The number of fused-ring (bicyclic) bond motifs is 1. The SMILES string of the molecule is CN1CCc2ncnc(N3CCCC3Cn3nc(C4CC4)ccc3=O)c2C1. The molecule has 2 fully saturated rings. The fourth-order valence-corrected chi connectivity index (χ4v) is 4.41. The molecule has 1 aliphatic carbocycles. The van der Waals surface area contributed by atoms with Gasteiger partial charge >= 0.3 is 0 Å². The largest absolute Gasteiger partial charge is 0.351 e. The summed E-state index contributed by atoms with van der Waals surface area (Å²) < 4.78 is 1.68. The summed E-state index contributed by atoms with van der Waals surface area (Å²) in [5.41, 5.74) is 3.50. The summed E-state index contributed by atoms with van der Waals surface area (Å²) in [6, 6.07) is 3.84. The van der Waals surface area contributed by atoms with E-state index in [1.54, 1.807) is 17.1 Å². The quantitative estimate of drug-likeness (QED) is 0.818. The van der Waals surface area contributed by atoms with Crippen LogP contribution >= 0.6 is 0 Å². The van der Waals surface area contributed by atoms with Crippen molar-refractivity contribution in [1.82, 2.24) is 24.6 Å². The number of hydrogen-bond acceptors (Lipinski definition) is 6. The van der Waals surface area contributed by atoms with Crippen molar-refractivity contribution >= 4 is 5.82 Å². The van der Waals surface area contributed by atoms with Gasteiger partial charge in [0, 0.05) is 43.6 Å². The highest BCUT2D eigenvalue weighted by Crippen LogP contribution is 2.38. The topological polar surface area (TPSA) is 67.2 Å². The molecule has 2 aromatic rings. The Balaban J connectivity index is 1.43. The van der Waals surface area contributed by atoms with Crippen LogP contribution < -0.4 is 10.5 Å². The summed E-state index contributed by atoms with van der Waals surface area (Å²) in [6.45, 7) is 3.55. The predicted octanol–water partition coefficient (Wildman–Crippen LogP) is 1.57. The number of rotatable bonds is 4. The van der Waals surface area contributed by atoms with Gasteiger partial charge in [-0.1, -0.05) is 0 Å². The molecule has 2 aromatic heterocycles. The second-order valence-corrected chi connectivity index (χ2v) is 8.15. The molecule has 1 saturated carbocycles. The summed E-state index contributed by atoms with van der Waals surface area (Å²) in [5, 5.41) is 4.66. The van der Waals surface area contributed by atoms with Gasteiger partial charge < -0.3 is 9.80 Å². The van der Waals surface area contributed by atoms with E-state index in [1.807, 2.05) is 6.07 Å². The van der Waals surface area contributed by atoms with Crippen molar-refractivity contribution in [2.24, 2.45) is 0 Å². The van der Waals surface area contributed by atoms with E-state index in [0.29, 0.717) is 12.5 Å². The first-order valence-corrected chi connectivity index (χ1v) is 10.0. The van der Waals surface area contributed by atoms with E-state index in [-0.39, 0.29) is 11.6 Å². The Morgan fingerprint density at radius 2 is 2.04 bits per heavy atom. The van der Waals surface area contributed by atoms with Gasteiger partial charge in [-0.3, -0.25) is 4.79 Å².